The summed E-state index contributed by atoms with van der Waals surface area (Å²) in [6.07, 6.45) is -5.08. The molecule has 15 heteroatoms. The third-order valence-corrected chi connectivity index (χ3v) is 8.74. The van der Waals surface area contributed by atoms with Crippen LogP contribution in [0.2, 0.25) is 0 Å². The minimum atomic E-state index is -5.08. The van der Waals surface area contributed by atoms with Gasteiger partial charge in [-0.25, -0.2) is 14.4 Å². The minimum absolute atomic E-state index is 0.166. The lowest BCUT2D eigenvalue weighted by Gasteiger charge is -2.37. The van der Waals surface area contributed by atoms with Crippen LogP contribution in [-0.4, -0.2) is 88.3 Å². The summed E-state index contributed by atoms with van der Waals surface area (Å²) in [5.41, 5.74) is 0.888. The molecular formula is C29H28F3N3O8S. The lowest BCUT2D eigenvalue weighted by molar-refractivity contribution is -0.192. The Labute approximate surface area is 254 Å². The molecular weight excluding hydrogens is 607 g/mol. The second kappa shape index (κ2) is 12.7. The number of rotatable bonds is 6. The fraction of sp³-hybridized carbons (Fsp3) is 0.379. The number of alkyl halides is 3. The van der Waals surface area contributed by atoms with E-state index in [2.05, 4.69) is 4.99 Å². The number of nitrogens with zero attached hydrogens (tertiary/aromatic N) is 3. The number of carboxylic acid groups (broad SMARTS) is 1. The van der Waals surface area contributed by atoms with E-state index < -0.39 is 47.5 Å². The van der Waals surface area contributed by atoms with Crippen molar-refractivity contribution in [1.29, 1.82) is 0 Å². The van der Waals surface area contributed by atoms with Gasteiger partial charge in [0.1, 0.15) is 5.54 Å². The number of imide groups is 1. The fourth-order valence-corrected chi connectivity index (χ4v) is 6.76. The highest BCUT2D eigenvalue weighted by atomic mass is 32.2. The van der Waals surface area contributed by atoms with Crippen LogP contribution < -0.4 is 0 Å². The molecule has 3 aliphatic rings. The van der Waals surface area contributed by atoms with Crippen molar-refractivity contribution in [3.63, 3.8) is 0 Å². The number of carbonyl (C=O) groups excluding carboxylic acids is 4. The molecule has 2 aromatic rings. The number of aliphatic imine (C=N–C) groups is 1. The van der Waals surface area contributed by atoms with Gasteiger partial charge < -0.3 is 19.5 Å². The zero-order valence-corrected chi connectivity index (χ0v) is 24.6. The molecule has 0 radical (unpaired) electrons. The normalized spacial score (nSPS) is 23.8. The molecule has 0 unspecified atom stereocenters. The Hall–Kier alpha value is -4.40. The van der Waals surface area contributed by atoms with Gasteiger partial charge in [-0.05, 0) is 30.2 Å². The molecule has 4 atom stereocenters. The van der Waals surface area contributed by atoms with Gasteiger partial charge in [0.25, 0.3) is 0 Å². The van der Waals surface area contributed by atoms with E-state index in [1.165, 1.54) is 30.9 Å². The molecule has 0 aromatic heterocycles. The van der Waals surface area contributed by atoms with Crippen LogP contribution in [0.5, 0.6) is 0 Å². The molecule has 2 saturated heterocycles. The number of benzene rings is 2. The van der Waals surface area contributed by atoms with Crippen molar-refractivity contribution in [2.75, 3.05) is 20.8 Å². The lowest BCUT2D eigenvalue weighted by atomic mass is 9.81. The fourth-order valence-electron chi connectivity index (χ4n) is 5.64. The molecule has 3 heterocycles. The first kappa shape index (κ1) is 32.5. The molecule has 11 nitrogen and oxygen atoms in total. The van der Waals surface area contributed by atoms with E-state index in [-0.39, 0.29) is 18.4 Å². The van der Waals surface area contributed by atoms with Crippen LogP contribution in [0.3, 0.4) is 0 Å². The molecule has 44 heavy (non-hydrogen) atoms. The van der Waals surface area contributed by atoms with Crippen LogP contribution in [0.4, 0.5) is 13.2 Å². The van der Waals surface area contributed by atoms with Crippen molar-refractivity contribution in [2.45, 2.75) is 37.0 Å². The summed E-state index contributed by atoms with van der Waals surface area (Å²) in [5.74, 6) is -5.37. The predicted molar refractivity (Wildman–Crippen MR) is 150 cm³/mol. The highest BCUT2D eigenvalue weighted by Gasteiger charge is 2.72. The number of likely N-dealkylation sites (tertiary alicyclic amines) is 1. The van der Waals surface area contributed by atoms with Gasteiger partial charge in [-0.2, -0.15) is 13.2 Å². The van der Waals surface area contributed by atoms with Gasteiger partial charge in [0.2, 0.25) is 11.8 Å². The van der Waals surface area contributed by atoms with E-state index in [0.29, 0.717) is 23.0 Å². The number of thioether (sulfide) groups is 1. The molecule has 2 aromatic carbocycles. The number of ether oxygens (including phenoxy) is 2. The van der Waals surface area contributed by atoms with E-state index in [4.69, 9.17) is 19.4 Å². The van der Waals surface area contributed by atoms with Crippen LogP contribution in [-0.2, 0) is 40.9 Å². The van der Waals surface area contributed by atoms with E-state index >= 15 is 0 Å². The van der Waals surface area contributed by atoms with Crippen LogP contribution >= 0.6 is 11.8 Å². The first-order valence-corrected chi connectivity index (χ1v) is 14.2. The maximum Gasteiger partial charge on any atom is 0.490 e. The molecule has 3 aliphatic heterocycles. The average molecular weight is 636 g/mol. The van der Waals surface area contributed by atoms with Crippen LogP contribution in [0.25, 0.3) is 0 Å². The topological polar surface area (TPSA) is 143 Å². The Bertz CT molecular complexity index is 1480. The van der Waals surface area contributed by atoms with Gasteiger partial charge in [0.15, 0.2) is 5.17 Å². The first-order valence-electron chi connectivity index (χ1n) is 13.2. The van der Waals surface area contributed by atoms with Crippen molar-refractivity contribution >= 4 is 46.7 Å². The van der Waals surface area contributed by atoms with E-state index in [1.54, 1.807) is 19.1 Å². The average Bonchev–Trinajstić information content (AvgIpc) is 3.62. The molecule has 5 rings (SSSR count). The quantitative estimate of drug-likeness (QED) is 0.372. The number of carbonyl (C=O) groups is 5. The highest BCUT2D eigenvalue weighted by molar-refractivity contribution is 8.13. The molecule has 234 valence electrons. The van der Waals surface area contributed by atoms with Gasteiger partial charge in [-0.1, -0.05) is 54.2 Å². The van der Waals surface area contributed by atoms with Crippen LogP contribution in [0.1, 0.15) is 28.4 Å². The summed E-state index contributed by atoms with van der Waals surface area (Å²) in [7, 11) is 2.63. The van der Waals surface area contributed by atoms with Crippen molar-refractivity contribution in [3.8, 4) is 0 Å². The molecule has 0 bridgehead atoms. The zero-order valence-electron chi connectivity index (χ0n) is 23.7. The summed E-state index contributed by atoms with van der Waals surface area (Å²) in [6.45, 7) is 2.16. The molecule has 0 aliphatic carbocycles. The standard InChI is InChI=1S/C27H27N3O6S.C2HF3O2/c1-27(25(34)36-3)21-20(22(31)29(23(21)32)14-16-7-5-4-6-8-16)19-13-28-26(30(19)27)37-15-17-9-11-18(12-10-17)24(33)35-2;3-2(4,5)1(6)7/h4-12,19-21H,13-15H2,1-3H3;(H,6,7)/t19-,20+,21-,27-;/m1./s1. The van der Waals surface area contributed by atoms with Gasteiger partial charge in [-0.3, -0.25) is 19.5 Å². The Morgan fingerprint density at radius 3 is 2.16 bits per heavy atom. The van der Waals surface area contributed by atoms with Crippen LogP contribution in [0.15, 0.2) is 59.6 Å². The van der Waals surface area contributed by atoms with E-state index in [9.17, 15) is 32.3 Å². The molecule has 1 N–H and O–H groups in total. The first-order chi connectivity index (χ1) is 20.7. The summed E-state index contributed by atoms with van der Waals surface area (Å²) in [6, 6.07) is 16.0. The maximum atomic E-state index is 13.7. The Morgan fingerprint density at radius 2 is 1.61 bits per heavy atom. The number of methoxy groups -OCH3 is 2. The monoisotopic (exact) mass is 635 g/mol. The van der Waals surface area contributed by atoms with Gasteiger partial charge in [-0.15, -0.1) is 0 Å². The summed E-state index contributed by atoms with van der Waals surface area (Å²) < 4.78 is 41.7. The van der Waals surface area contributed by atoms with Crippen molar-refractivity contribution < 1.29 is 51.7 Å². The third-order valence-electron chi connectivity index (χ3n) is 7.68. The number of hydrogen-bond acceptors (Lipinski definition) is 10. The minimum Gasteiger partial charge on any atom is -0.475 e. The van der Waals surface area contributed by atoms with Crippen molar-refractivity contribution in [3.05, 3.63) is 71.3 Å². The number of amides is 2. The molecule has 2 amide bonds. The molecule has 2 fully saturated rings. The van der Waals surface area contributed by atoms with Gasteiger partial charge in [0.05, 0.1) is 50.8 Å². The third kappa shape index (κ3) is 6.00. The summed E-state index contributed by atoms with van der Waals surface area (Å²) >= 11 is 1.42. The summed E-state index contributed by atoms with van der Waals surface area (Å²) in [4.78, 5) is 68.8. The zero-order chi connectivity index (χ0) is 32.4. The van der Waals surface area contributed by atoms with Gasteiger partial charge >= 0.3 is 24.1 Å². The Morgan fingerprint density at radius 1 is 1.00 bits per heavy atom. The number of amidine groups is 1. The SMILES string of the molecule is COC(=O)c1ccc(CSC2=NC[C@@H]3[C@@H]4C(=O)N(Cc5ccccc5)C(=O)[C@@H]4[C@](C)(C(=O)OC)N23)cc1.O=C(O)C(F)(F)F. The molecule has 0 saturated carbocycles. The number of halogens is 3. The Kier molecular flexibility index (Phi) is 9.37. The number of esters is 2. The second-order valence-corrected chi connectivity index (χ2v) is 11.2. The number of carboxylic acids is 1. The maximum absolute atomic E-state index is 13.7. The van der Waals surface area contributed by atoms with E-state index in [1.807, 2.05) is 47.4 Å². The number of hydrogen-bond donors (Lipinski definition) is 1. The van der Waals surface area contributed by atoms with Crippen molar-refractivity contribution in [1.82, 2.24) is 9.80 Å². The number of fused-ring (bicyclic) bond motifs is 3. The smallest absolute Gasteiger partial charge is 0.475 e. The molecule has 0 spiro atoms. The second-order valence-electron chi connectivity index (χ2n) is 10.2. The predicted octanol–water partition coefficient (Wildman–Crippen LogP) is 3.13. The number of aliphatic carboxylic acids is 1. The highest BCUT2D eigenvalue weighted by Crippen LogP contribution is 2.52. The lowest BCUT2D eigenvalue weighted by Crippen LogP contribution is -2.57. The van der Waals surface area contributed by atoms with Gasteiger partial charge in [0, 0.05) is 5.75 Å². The van der Waals surface area contributed by atoms with Crippen molar-refractivity contribution in [2.24, 2.45) is 16.8 Å². The summed E-state index contributed by atoms with van der Waals surface area (Å²) in [5, 5.41) is 7.72. The Balaban J connectivity index is 0.000000566. The largest absolute Gasteiger partial charge is 0.490 e. The van der Waals surface area contributed by atoms with E-state index in [0.717, 1.165) is 11.1 Å². The van der Waals surface area contributed by atoms with Crippen LogP contribution in [0, 0.1) is 11.8 Å².